The second-order valence-electron chi connectivity index (χ2n) is 6.76. The predicted molar refractivity (Wildman–Crippen MR) is 101 cm³/mol. The third-order valence-corrected chi connectivity index (χ3v) is 4.85. The van der Waals surface area contributed by atoms with Gasteiger partial charge in [0.05, 0.1) is 11.6 Å². The lowest BCUT2D eigenvalue weighted by Gasteiger charge is -2.35. The summed E-state index contributed by atoms with van der Waals surface area (Å²) < 4.78 is 0. The van der Waals surface area contributed by atoms with Crippen LogP contribution in [-0.2, 0) is 6.54 Å². The molecule has 1 N–H and O–H groups in total. The lowest BCUT2D eigenvalue weighted by Crippen LogP contribution is -2.47. The molecule has 4 nitrogen and oxygen atoms in total. The van der Waals surface area contributed by atoms with Crippen LogP contribution >= 0.6 is 0 Å². The third-order valence-electron chi connectivity index (χ3n) is 4.85. The second-order valence-corrected chi connectivity index (χ2v) is 6.76. The Balaban J connectivity index is 1.67. The van der Waals surface area contributed by atoms with Gasteiger partial charge in [-0.2, -0.15) is 5.26 Å². The normalized spacial score (nSPS) is 17.1. The summed E-state index contributed by atoms with van der Waals surface area (Å²) >= 11 is 0. The number of likely N-dealkylation sites (N-methyl/N-ethyl adjacent to an activating group) is 1. The molecule has 1 heterocycles. The highest BCUT2D eigenvalue weighted by atomic mass is 15.3. The van der Waals surface area contributed by atoms with Crippen molar-refractivity contribution in [2.75, 3.05) is 39.8 Å². The average molecular weight is 334 g/mol. The van der Waals surface area contributed by atoms with Crippen molar-refractivity contribution in [3.63, 3.8) is 0 Å². The summed E-state index contributed by atoms with van der Waals surface area (Å²) in [5, 5.41) is 12.8. The van der Waals surface area contributed by atoms with E-state index in [9.17, 15) is 0 Å². The zero-order valence-corrected chi connectivity index (χ0v) is 14.9. The maximum Gasteiger partial charge on any atom is 0.0991 e. The van der Waals surface area contributed by atoms with Crippen LogP contribution in [0.2, 0.25) is 0 Å². The molecule has 2 aromatic rings. The number of hydrogen-bond acceptors (Lipinski definition) is 4. The highest BCUT2D eigenvalue weighted by molar-refractivity contribution is 5.32. The molecule has 0 spiro atoms. The van der Waals surface area contributed by atoms with Crippen molar-refractivity contribution in [2.45, 2.75) is 12.6 Å². The number of nitriles is 1. The van der Waals surface area contributed by atoms with E-state index in [1.807, 2.05) is 18.2 Å². The number of nitrogens with one attached hydrogen (secondary N) is 1. The summed E-state index contributed by atoms with van der Waals surface area (Å²) in [6.07, 6.45) is 0. The minimum absolute atomic E-state index is 0.287. The highest BCUT2D eigenvalue weighted by Gasteiger charge is 2.19. The first-order valence-electron chi connectivity index (χ1n) is 8.93. The van der Waals surface area contributed by atoms with Crippen LogP contribution in [0.15, 0.2) is 54.6 Å². The van der Waals surface area contributed by atoms with Crippen LogP contribution < -0.4 is 5.32 Å². The van der Waals surface area contributed by atoms with Crippen LogP contribution in [0.25, 0.3) is 0 Å². The Hall–Kier alpha value is -2.19. The molecule has 0 unspecified atom stereocenters. The van der Waals surface area contributed by atoms with Gasteiger partial charge in [-0.1, -0.05) is 42.5 Å². The van der Waals surface area contributed by atoms with Crippen molar-refractivity contribution in [2.24, 2.45) is 0 Å². The van der Waals surface area contributed by atoms with E-state index in [1.54, 1.807) is 0 Å². The van der Waals surface area contributed by atoms with E-state index in [2.05, 4.69) is 64.6 Å². The van der Waals surface area contributed by atoms with Crippen LogP contribution in [0.1, 0.15) is 22.7 Å². The molecule has 1 atom stereocenters. The molecule has 0 aromatic heterocycles. The zero-order valence-electron chi connectivity index (χ0n) is 14.9. The molecule has 0 bridgehead atoms. The molecule has 0 amide bonds. The Bertz CT molecular complexity index is 699. The van der Waals surface area contributed by atoms with Gasteiger partial charge in [-0.15, -0.1) is 0 Å². The van der Waals surface area contributed by atoms with Crippen molar-refractivity contribution >= 4 is 0 Å². The molecule has 3 rings (SSSR count). The maximum atomic E-state index is 9.07. The van der Waals surface area contributed by atoms with Crippen molar-refractivity contribution in [1.29, 1.82) is 5.26 Å². The van der Waals surface area contributed by atoms with Gasteiger partial charge in [0.15, 0.2) is 0 Å². The van der Waals surface area contributed by atoms with E-state index in [4.69, 9.17) is 5.26 Å². The molecule has 0 aliphatic carbocycles. The summed E-state index contributed by atoms with van der Waals surface area (Å²) in [6, 6.07) is 21.0. The molecular weight excluding hydrogens is 308 g/mol. The maximum absolute atomic E-state index is 9.07. The zero-order chi connectivity index (χ0) is 17.5. The first-order chi connectivity index (χ1) is 12.2. The Labute approximate surface area is 150 Å². The van der Waals surface area contributed by atoms with Crippen LogP contribution in [0.4, 0.5) is 0 Å². The van der Waals surface area contributed by atoms with E-state index in [0.29, 0.717) is 0 Å². The fourth-order valence-corrected chi connectivity index (χ4v) is 3.25. The molecule has 2 aromatic carbocycles. The first kappa shape index (κ1) is 17.6. The number of nitrogens with zero attached hydrogens (tertiary/aromatic N) is 3. The third kappa shape index (κ3) is 5.14. The summed E-state index contributed by atoms with van der Waals surface area (Å²) in [5.74, 6) is 0. The molecule has 130 valence electrons. The van der Waals surface area contributed by atoms with Crippen molar-refractivity contribution in [1.82, 2.24) is 15.1 Å². The fraction of sp³-hybridized carbons (Fsp3) is 0.381. The fourth-order valence-electron chi connectivity index (χ4n) is 3.25. The molecule has 0 radical (unpaired) electrons. The quantitative estimate of drug-likeness (QED) is 0.882. The number of benzene rings is 2. The van der Waals surface area contributed by atoms with Gasteiger partial charge < -0.3 is 10.2 Å². The molecule has 4 heteroatoms. The SMILES string of the molecule is CN1CCN(C[C@@H](NCc2cccc(C#N)c2)c2ccccc2)CC1. The van der Waals surface area contributed by atoms with Crippen LogP contribution in [0.3, 0.4) is 0 Å². The summed E-state index contributed by atoms with van der Waals surface area (Å²) in [4.78, 5) is 4.92. The smallest absolute Gasteiger partial charge is 0.0991 e. The Morgan fingerprint density at radius 3 is 2.52 bits per heavy atom. The molecule has 1 aliphatic heterocycles. The molecular formula is C21H26N4. The van der Waals surface area contributed by atoms with Crippen LogP contribution in [0, 0.1) is 11.3 Å². The van der Waals surface area contributed by atoms with Crippen molar-refractivity contribution in [3.05, 3.63) is 71.3 Å². The Kier molecular flexibility index (Phi) is 6.19. The molecule has 1 fully saturated rings. The van der Waals surface area contributed by atoms with Gasteiger partial charge in [0, 0.05) is 45.3 Å². The standard InChI is InChI=1S/C21H26N4/c1-24-10-12-25(13-11-24)17-21(20-8-3-2-4-9-20)23-16-19-7-5-6-18(14-19)15-22/h2-9,14,21,23H,10-13,16-17H2,1H3/t21-/m1/s1. The second kappa shape index (κ2) is 8.77. The molecule has 1 saturated heterocycles. The first-order valence-corrected chi connectivity index (χ1v) is 8.93. The summed E-state index contributed by atoms with van der Waals surface area (Å²) in [5.41, 5.74) is 3.19. The van der Waals surface area contributed by atoms with Gasteiger partial charge in [-0.05, 0) is 30.3 Å². The minimum Gasteiger partial charge on any atom is -0.305 e. The van der Waals surface area contributed by atoms with Gasteiger partial charge in [0.2, 0.25) is 0 Å². The summed E-state index contributed by atoms with van der Waals surface area (Å²) in [7, 11) is 2.19. The Morgan fingerprint density at radius 1 is 1.04 bits per heavy atom. The van der Waals surface area contributed by atoms with Crippen LogP contribution in [0.5, 0.6) is 0 Å². The lowest BCUT2D eigenvalue weighted by atomic mass is 10.0. The Morgan fingerprint density at radius 2 is 1.80 bits per heavy atom. The monoisotopic (exact) mass is 334 g/mol. The van der Waals surface area contributed by atoms with Gasteiger partial charge >= 0.3 is 0 Å². The summed E-state index contributed by atoms with van der Waals surface area (Å²) in [6.45, 7) is 6.27. The van der Waals surface area contributed by atoms with Gasteiger partial charge in [0.1, 0.15) is 0 Å². The lowest BCUT2D eigenvalue weighted by molar-refractivity contribution is 0.142. The van der Waals surface area contributed by atoms with E-state index in [-0.39, 0.29) is 6.04 Å². The number of rotatable bonds is 6. The van der Waals surface area contributed by atoms with E-state index in [1.165, 1.54) is 5.56 Å². The van der Waals surface area contributed by atoms with Gasteiger partial charge in [-0.3, -0.25) is 4.90 Å². The predicted octanol–water partition coefficient (Wildman–Crippen LogP) is 2.64. The van der Waals surface area contributed by atoms with E-state index in [0.717, 1.165) is 50.4 Å². The molecule has 25 heavy (non-hydrogen) atoms. The number of hydrogen-bond donors (Lipinski definition) is 1. The van der Waals surface area contributed by atoms with Crippen molar-refractivity contribution in [3.8, 4) is 6.07 Å². The topological polar surface area (TPSA) is 42.3 Å². The van der Waals surface area contributed by atoms with Gasteiger partial charge in [0.25, 0.3) is 0 Å². The van der Waals surface area contributed by atoms with E-state index < -0.39 is 0 Å². The molecule has 1 aliphatic rings. The van der Waals surface area contributed by atoms with Crippen LogP contribution in [-0.4, -0.2) is 49.6 Å². The van der Waals surface area contributed by atoms with Gasteiger partial charge in [-0.25, -0.2) is 0 Å². The molecule has 0 saturated carbocycles. The average Bonchev–Trinajstić information content (AvgIpc) is 2.67. The highest BCUT2D eigenvalue weighted by Crippen LogP contribution is 2.16. The van der Waals surface area contributed by atoms with E-state index >= 15 is 0 Å². The largest absolute Gasteiger partial charge is 0.305 e. The minimum atomic E-state index is 0.287. The number of piperazine rings is 1. The van der Waals surface area contributed by atoms with Crippen molar-refractivity contribution < 1.29 is 0 Å².